The van der Waals surface area contributed by atoms with Gasteiger partial charge in [-0.15, -0.1) is 0 Å². The van der Waals surface area contributed by atoms with Gasteiger partial charge in [-0.1, -0.05) is 45.0 Å². The minimum Gasteiger partial charge on any atom is -0.378 e. The first-order chi connectivity index (χ1) is 11.9. The molecule has 1 atom stereocenters. The van der Waals surface area contributed by atoms with Crippen molar-refractivity contribution >= 4 is 5.91 Å². The number of amides is 1. The average Bonchev–Trinajstić information content (AvgIpc) is 2.62. The average molecular weight is 344 g/mol. The fraction of sp³-hybridized carbons (Fsp3) is 0.667. The molecule has 1 aromatic rings. The highest BCUT2D eigenvalue weighted by atomic mass is 16.5. The van der Waals surface area contributed by atoms with Gasteiger partial charge in [-0.3, -0.25) is 9.69 Å². The zero-order valence-electron chi connectivity index (χ0n) is 16.0. The smallest absolute Gasteiger partial charge is 0.227 e. The second-order valence-corrected chi connectivity index (χ2v) is 8.46. The Morgan fingerprint density at radius 3 is 2.44 bits per heavy atom. The van der Waals surface area contributed by atoms with Crippen LogP contribution in [-0.2, 0) is 21.5 Å². The molecule has 1 unspecified atom stereocenters. The predicted octanol–water partition coefficient (Wildman–Crippen LogP) is 3.05. The van der Waals surface area contributed by atoms with Crippen LogP contribution in [0.25, 0.3) is 0 Å². The number of nitrogens with zero attached hydrogens (tertiary/aromatic N) is 2. The maximum atomic E-state index is 12.7. The van der Waals surface area contributed by atoms with E-state index in [1.807, 2.05) is 4.90 Å². The molecule has 1 aromatic carbocycles. The van der Waals surface area contributed by atoms with Gasteiger partial charge in [0, 0.05) is 26.2 Å². The SMILES string of the molecule is CC(C)(C)c1ccc(CN2CCCC(C(=O)N3CCOCC3)C2)cc1. The molecule has 25 heavy (non-hydrogen) atoms. The highest BCUT2D eigenvalue weighted by Crippen LogP contribution is 2.24. The zero-order valence-corrected chi connectivity index (χ0v) is 16.0. The van der Waals surface area contributed by atoms with Crippen molar-refractivity contribution in [2.45, 2.75) is 45.6 Å². The number of hydrogen-bond acceptors (Lipinski definition) is 3. The molecule has 4 heteroatoms. The van der Waals surface area contributed by atoms with Gasteiger partial charge in [-0.25, -0.2) is 0 Å². The summed E-state index contributed by atoms with van der Waals surface area (Å²) in [6, 6.07) is 8.98. The van der Waals surface area contributed by atoms with Gasteiger partial charge < -0.3 is 9.64 Å². The quantitative estimate of drug-likeness (QED) is 0.845. The van der Waals surface area contributed by atoms with Crippen molar-refractivity contribution in [3.05, 3.63) is 35.4 Å². The first-order valence-corrected chi connectivity index (χ1v) is 9.62. The molecule has 0 spiro atoms. The lowest BCUT2D eigenvalue weighted by atomic mass is 9.86. The Bertz CT molecular complexity index is 571. The normalized spacial score (nSPS) is 22.8. The van der Waals surface area contributed by atoms with Crippen molar-refractivity contribution in [2.75, 3.05) is 39.4 Å². The summed E-state index contributed by atoms with van der Waals surface area (Å²) in [5.41, 5.74) is 2.90. The van der Waals surface area contributed by atoms with Crippen LogP contribution in [0, 0.1) is 5.92 Å². The molecule has 4 nitrogen and oxygen atoms in total. The number of carbonyl (C=O) groups excluding carboxylic acids is 1. The van der Waals surface area contributed by atoms with Crippen LogP contribution in [0.4, 0.5) is 0 Å². The van der Waals surface area contributed by atoms with Gasteiger partial charge in [-0.2, -0.15) is 0 Å². The molecular weight excluding hydrogens is 312 g/mol. The predicted molar refractivity (Wildman–Crippen MR) is 101 cm³/mol. The van der Waals surface area contributed by atoms with Gasteiger partial charge in [0.1, 0.15) is 0 Å². The fourth-order valence-electron chi connectivity index (χ4n) is 3.81. The lowest BCUT2D eigenvalue weighted by Crippen LogP contribution is -2.48. The number of carbonyl (C=O) groups is 1. The maximum absolute atomic E-state index is 12.7. The van der Waals surface area contributed by atoms with Crippen LogP contribution in [0.2, 0.25) is 0 Å². The standard InChI is InChI=1S/C21H32N2O2/c1-21(2,3)19-8-6-17(7-9-19)15-22-10-4-5-18(16-22)20(24)23-11-13-25-14-12-23/h6-9,18H,4-5,10-16H2,1-3H3. The summed E-state index contributed by atoms with van der Waals surface area (Å²) in [7, 11) is 0. The molecule has 0 aliphatic carbocycles. The molecule has 2 saturated heterocycles. The molecule has 2 heterocycles. The first kappa shape index (κ1) is 18.4. The second-order valence-electron chi connectivity index (χ2n) is 8.46. The van der Waals surface area contributed by atoms with Gasteiger partial charge in [0.25, 0.3) is 0 Å². The van der Waals surface area contributed by atoms with Crippen LogP contribution in [0.1, 0.15) is 44.7 Å². The molecule has 2 aliphatic rings. The number of likely N-dealkylation sites (tertiary alicyclic amines) is 1. The minimum atomic E-state index is 0.153. The van der Waals surface area contributed by atoms with E-state index in [0.717, 1.165) is 45.6 Å². The summed E-state index contributed by atoms with van der Waals surface area (Å²) in [6.07, 6.45) is 2.14. The van der Waals surface area contributed by atoms with Gasteiger partial charge in [0.05, 0.1) is 19.1 Å². The van der Waals surface area contributed by atoms with E-state index < -0.39 is 0 Å². The fourth-order valence-corrected chi connectivity index (χ4v) is 3.81. The summed E-state index contributed by atoms with van der Waals surface area (Å²) in [5, 5.41) is 0. The van der Waals surface area contributed by atoms with Gasteiger partial charge in [-0.05, 0) is 35.9 Å². The largest absolute Gasteiger partial charge is 0.378 e. The van der Waals surface area contributed by atoms with Gasteiger partial charge in [0.2, 0.25) is 5.91 Å². The Labute approximate surface area is 152 Å². The van der Waals surface area contributed by atoms with Gasteiger partial charge >= 0.3 is 0 Å². The number of morpholine rings is 1. The third kappa shape index (κ3) is 4.83. The summed E-state index contributed by atoms with van der Waals surface area (Å²) < 4.78 is 5.37. The summed E-state index contributed by atoms with van der Waals surface area (Å²) >= 11 is 0. The van der Waals surface area contributed by atoms with E-state index in [4.69, 9.17) is 4.74 Å². The number of ether oxygens (including phenoxy) is 1. The van der Waals surface area contributed by atoms with E-state index >= 15 is 0 Å². The third-order valence-corrected chi connectivity index (χ3v) is 5.40. The maximum Gasteiger partial charge on any atom is 0.227 e. The summed E-state index contributed by atoms with van der Waals surface area (Å²) in [5.74, 6) is 0.483. The van der Waals surface area contributed by atoms with Crippen molar-refractivity contribution in [1.29, 1.82) is 0 Å². The number of hydrogen-bond donors (Lipinski definition) is 0. The van der Waals surface area contributed by atoms with Crippen LogP contribution < -0.4 is 0 Å². The Hall–Kier alpha value is -1.39. The van der Waals surface area contributed by atoms with E-state index in [1.54, 1.807) is 0 Å². The van der Waals surface area contributed by atoms with Crippen LogP contribution in [-0.4, -0.2) is 55.1 Å². The van der Waals surface area contributed by atoms with E-state index in [0.29, 0.717) is 19.1 Å². The first-order valence-electron chi connectivity index (χ1n) is 9.62. The van der Waals surface area contributed by atoms with E-state index in [1.165, 1.54) is 11.1 Å². The Kier molecular flexibility index (Phi) is 5.80. The highest BCUT2D eigenvalue weighted by molar-refractivity contribution is 5.79. The van der Waals surface area contributed by atoms with E-state index in [2.05, 4.69) is 49.9 Å². The van der Waals surface area contributed by atoms with Crippen LogP contribution in [0.5, 0.6) is 0 Å². The van der Waals surface area contributed by atoms with Crippen molar-refractivity contribution in [3.8, 4) is 0 Å². The molecule has 138 valence electrons. The van der Waals surface area contributed by atoms with Crippen molar-refractivity contribution in [1.82, 2.24) is 9.80 Å². The second kappa shape index (κ2) is 7.88. The molecule has 2 aliphatic heterocycles. The summed E-state index contributed by atoms with van der Waals surface area (Å²) in [4.78, 5) is 17.2. The van der Waals surface area contributed by atoms with Crippen molar-refractivity contribution in [2.24, 2.45) is 5.92 Å². The molecule has 1 amide bonds. The lowest BCUT2D eigenvalue weighted by Gasteiger charge is -2.36. The molecule has 2 fully saturated rings. The van der Waals surface area contributed by atoms with Crippen molar-refractivity contribution < 1.29 is 9.53 Å². The molecule has 0 aromatic heterocycles. The van der Waals surface area contributed by atoms with Crippen LogP contribution in [0.3, 0.4) is 0 Å². The molecular formula is C21H32N2O2. The van der Waals surface area contributed by atoms with Crippen LogP contribution in [0.15, 0.2) is 24.3 Å². The zero-order chi connectivity index (χ0) is 17.9. The molecule has 0 saturated carbocycles. The topological polar surface area (TPSA) is 32.8 Å². The highest BCUT2D eigenvalue weighted by Gasteiger charge is 2.30. The Balaban J connectivity index is 1.57. The minimum absolute atomic E-state index is 0.153. The van der Waals surface area contributed by atoms with Gasteiger partial charge in [0.15, 0.2) is 0 Å². The monoisotopic (exact) mass is 344 g/mol. The van der Waals surface area contributed by atoms with E-state index in [9.17, 15) is 4.79 Å². The van der Waals surface area contributed by atoms with Crippen molar-refractivity contribution in [3.63, 3.8) is 0 Å². The van der Waals surface area contributed by atoms with E-state index in [-0.39, 0.29) is 11.3 Å². The third-order valence-electron chi connectivity index (χ3n) is 5.40. The molecule has 0 bridgehead atoms. The number of rotatable bonds is 3. The molecule has 0 N–H and O–H groups in total. The van der Waals surface area contributed by atoms with Crippen LogP contribution >= 0.6 is 0 Å². The molecule has 3 rings (SSSR count). The summed E-state index contributed by atoms with van der Waals surface area (Å²) in [6.45, 7) is 12.5. The number of piperidine rings is 1. The number of benzene rings is 1. The Morgan fingerprint density at radius 2 is 1.80 bits per heavy atom. The molecule has 0 radical (unpaired) electrons. The lowest BCUT2D eigenvalue weighted by molar-refractivity contribution is -0.141. The Morgan fingerprint density at radius 1 is 1.12 bits per heavy atom.